The van der Waals surface area contributed by atoms with Crippen molar-refractivity contribution < 1.29 is 0 Å². The van der Waals surface area contributed by atoms with Gasteiger partial charge in [-0.2, -0.15) is 4.37 Å². The molecule has 98 valence electrons. The molecular formula is C11H11N5S3. The summed E-state index contributed by atoms with van der Waals surface area (Å²) in [4.78, 5) is 8.71. The minimum absolute atomic E-state index is 0.528. The summed E-state index contributed by atoms with van der Waals surface area (Å²) in [6, 6.07) is 0. The van der Waals surface area contributed by atoms with Gasteiger partial charge in [0.1, 0.15) is 15.8 Å². The standard InChI is InChI=1S/C11H11N5S3/c1-6-3-18-11(15-6)8-9(12)16-19-10(8)13-2-7-4-17-5-14-7/h3-5,13H,2H2,1H3,(H2,12,16). The summed E-state index contributed by atoms with van der Waals surface area (Å²) < 4.78 is 4.21. The van der Waals surface area contributed by atoms with Crippen LogP contribution in [0.15, 0.2) is 16.3 Å². The number of thiazole rings is 2. The first-order valence-corrected chi connectivity index (χ1v) is 8.12. The first kappa shape index (κ1) is 12.5. The van der Waals surface area contributed by atoms with Crippen LogP contribution < -0.4 is 11.1 Å². The minimum Gasteiger partial charge on any atom is -0.382 e. The summed E-state index contributed by atoms with van der Waals surface area (Å²) in [7, 11) is 0. The second-order valence-corrected chi connectivity index (χ2v) is 6.25. The second kappa shape index (κ2) is 5.24. The molecule has 5 nitrogen and oxygen atoms in total. The van der Waals surface area contributed by atoms with Gasteiger partial charge in [0.05, 0.1) is 23.3 Å². The zero-order valence-electron chi connectivity index (χ0n) is 10.1. The van der Waals surface area contributed by atoms with Crippen LogP contribution in [0.1, 0.15) is 11.4 Å². The molecule has 0 radical (unpaired) electrons. The highest BCUT2D eigenvalue weighted by atomic mass is 32.1. The zero-order chi connectivity index (χ0) is 13.2. The van der Waals surface area contributed by atoms with Crippen molar-refractivity contribution in [1.82, 2.24) is 14.3 Å². The van der Waals surface area contributed by atoms with Crippen LogP contribution in [0.3, 0.4) is 0 Å². The molecule has 0 atom stereocenters. The van der Waals surface area contributed by atoms with Gasteiger partial charge in [0.15, 0.2) is 0 Å². The summed E-state index contributed by atoms with van der Waals surface area (Å²) in [6.07, 6.45) is 0. The molecule has 3 N–H and O–H groups in total. The Morgan fingerprint density at radius 3 is 2.95 bits per heavy atom. The van der Waals surface area contributed by atoms with Crippen LogP contribution in [0.4, 0.5) is 10.8 Å². The third kappa shape index (κ3) is 2.60. The van der Waals surface area contributed by atoms with Gasteiger partial charge in [0.2, 0.25) is 0 Å². The summed E-state index contributed by atoms with van der Waals surface area (Å²) in [5.41, 5.74) is 10.7. The Morgan fingerprint density at radius 1 is 1.37 bits per heavy atom. The lowest BCUT2D eigenvalue weighted by molar-refractivity contribution is 1.08. The van der Waals surface area contributed by atoms with E-state index in [1.807, 2.05) is 23.2 Å². The maximum Gasteiger partial charge on any atom is 0.149 e. The molecule has 0 aromatic carbocycles. The van der Waals surface area contributed by atoms with Crippen LogP contribution in [0.25, 0.3) is 10.6 Å². The molecule has 0 aliphatic rings. The van der Waals surface area contributed by atoms with Crippen LogP contribution in [-0.2, 0) is 6.54 Å². The Balaban J connectivity index is 1.86. The van der Waals surface area contributed by atoms with Gasteiger partial charge in [0.25, 0.3) is 0 Å². The summed E-state index contributed by atoms with van der Waals surface area (Å²) >= 11 is 4.52. The number of aromatic nitrogens is 3. The van der Waals surface area contributed by atoms with Crippen LogP contribution in [-0.4, -0.2) is 14.3 Å². The zero-order valence-corrected chi connectivity index (χ0v) is 12.5. The van der Waals surface area contributed by atoms with Gasteiger partial charge >= 0.3 is 0 Å². The number of anilines is 2. The van der Waals surface area contributed by atoms with E-state index in [0.29, 0.717) is 12.4 Å². The lowest BCUT2D eigenvalue weighted by Crippen LogP contribution is -1.99. The van der Waals surface area contributed by atoms with E-state index >= 15 is 0 Å². The molecular weight excluding hydrogens is 298 g/mol. The number of hydrogen-bond acceptors (Lipinski definition) is 8. The van der Waals surface area contributed by atoms with Gasteiger partial charge in [-0.1, -0.05) is 0 Å². The van der Waals surface area contributed by atoms with E-state index in [1.54, 1.807) is 22.7 Å². The molecule has 0 aliphatic heterocycles. The smallest absolute Gasteiger partial charge is 0.149 e. The average Bonchev–Trinajstić information content (AvgIpc) is 3.08. The Kier molecular flexibility index (Phi) is 3.45. The van der Waals surface area contributed by atoms with E-state index in [4.69, 9.17) is 5.73 Å². The number of rotatable bonds is 4. The van der Waals surface area contributed by atoms with Crippen LogP contribution >= 0.6 is 34.2 Å². The number of nitrogens with two attached hydrogens (primary N) is 1. The molecule has 3 aromatic rings. The van der Waals surface area contributed by atoms with Gasteiger partial charge in [-0.3, -0.25) is 0 Å². The molecule has 3 rings (SSSR count). The van der Waals surface area contributed by atoms with Crippen LogP contribution in [0.5, 0.6) is 0 Å². The SMILES string of the molecule is Cc1csc(-c2c(N)nsc2NCc2cscn2)n1. The molecule has 0 bridgehead atoms. The van der Waals surface area contributed by atoms with Crippen molar-refractivity contribution >= 4 is 45.0 Å². The monoisotopic (exact) mass is 309 g/mol. The number of nitrogens with one attached hydrogen (secondary N) is 1. The molecule has 0 saturated carbocycles. The van der Waals surface area contributed by atoms with Crippen molar-refractivity contribution in [2.45, 2.75) is 13.5 Å². The van der Waals surface area contributed by atoms with Crippen molar-refractivity contribution in [1.29, 1.82) is 0 Å². The first-order chi connectivity index (χ1) is 9.24. The van der Waals surface area contributed by atoms with Gasteiger partial charge in [-0.15, -0.1) is 22.7 Å². The lowest BCUT2D eigenvalue weighted by atomic mass is 10.3. The first-order valence-electron chi connectivity index (χ1n) is 5.52. The van der Waals surface area contributed by atoms with Crippen molar-refractivity contribution in [3.8, 4) is 10.6 Å². The molecule has 0 aliphatic carbocycles. The Hall–Kier alpha value is -1.51. The second-order valence-electron chi connectivity index (χ2n) is 3.90. The van der Waals surface area contributed by atoms with Crippen molar-refractivity contribution in [3.05, 3.63) is 27.7 Å². The molecule has 0 spiro atoms. The summed E-state index contributed by atoms with van der Waals surface area (Å²) in [5, 5.41) is 9.21. The molecule has 0 unspecified atom stereocenters. The van der Waals surface area contributed by atoms with E-state index < -0.39 is 0 Å². The number of nitrogen functional groups attached to an aromatic ring is 1. The van der Waals surface area contributed by atoms with E-state index in [9.17, 15) is 0 Å². The Labute approximate surface area is 122 Å². The number of hydrogen-bond donors (Lipinski definition) is 2. The van der Waals surface area contributed by atoms with Crippen LogP contribution in [0.2, 0.25) is 0 Å². The van der Waals surface area contributed by atoms with Gasteiger partial charge in [0, 0.05) is 16.5 Å². The highest BCUT2D eigenvalue weighted by Gasteiger charge is 2.16. The third-order valence-electron chi connectivity index (χ3n) is 2.46. The van der Waals surface area contributed by atoms with E-state index in [2.05, 4.69) is 19.7 Å². The maximum absolute atomic E-state index is 5.94. The van der Waals surface area contributed by atoms with Gasteiger partial charge in [-0.05, 0) is 18.5 Å². The molecule has 8 heteroatoms. The van der Waals surface area contributed by atoms with E-state index in [1.165, 1.54) is 11.5 Å². The van der Waals surface area contributed by atoms with Crippen molar-refractivity contribution in [2.24, 2.45) is 0 Å². The molecule has 19 heavy (non-hydrogen) atoms. The maximum atomic E-state index is 5.94. The molecule has 0 saturated heterocycles. The van der Waals surface area contributed by atoms with Crippen LogP contribution in [0, 0.1) is 6.92 Å². The molecule has 0 fully saturated rings. The predicted octanol–water partition coefficient (Wildman–Crippen LogP) is 3.23. The Morgan fingerprint density at radius 2 is 2.26 bits per heavy atom. The summed E-state index contributed by atoms with van der Waals surface area (Å²) in [5.74, 6) is 0.528. The number of nitrogens with zero attached hydrogens (tertiary/aromatic N) is 3. The highest BCUT2D eigenvalue weighted by molar-refractivity contribution is 7.15. The predicted molar refractivity (Wildman–Crippen MR) is 81.8 cm³/mol. The molecule has 3 aromatic heterocycles. The lowest BCUT2D eigenvalue weighted by Gasteiger charge is -2.03. The van der Waals surface area contributed by atoms with Gasteiger partial charge in [-0.25, -0.2) is 9.97 Å². The van der Waals surface area contributed by atoms with Gasteiger partial charge < -0.3 is 11.1 Å². The largest absolute Gasteiger partial charge is 0.382 e. The average molecular weight is 309 g/mol. The topological polar surface area (TPSA) is 76.7 Å². The third-order valence-corrected chi connectivity index (χ3v) is 4.90. The minimum atomic E-state index is 0.528. The number of aryl methyl sites for hydroxylation is 1. The highest BCUT2D eigenvalue weighted by Crippen LogP contribution is 2.38. The Bertz CT molecular complexity index is 670. The molecule has 3 heterocycles. The van der Waals surface area contributed by atoms with Crippen molar-refractivity contribution in [3.63, 3.8) is 0 Å². The van der Waals surface area contributed by atoms with E-state index in [0.717, 1.165) is 27.0 Å². The van der Waals surface area contributed by atoms with Crippen molar-refractivity contribution in [2.75, 3.05) is 11.1 Å². The molecule has 0 amide bonds. The summed E-state index contributed by atoms with van der Waals surface area (Å²) in [6.45, 7) is 2.64. The van der Waals surface area contributed by atoms with E-state index in [-0.39, 0.29) is 0 Å². The fourth-order valence-corrected chi connectivity index (χ4v) is 3.78. The quantitative estimate of drug-likeness (QED) is 0.774. The fraction of sp³-hybridized carbons (Fsp3) is 0.182. The fourth-order valence-electron chi connectivity index (χ4n) is 1.59. The normalized spacial score (nSPS) is 10.8.